The summed E-state index contributed by atoms with van der Waals surface area (Å²) < 4.78 is 72.7. The lowest BCUT2D eigenvalue weighted by atomic mass is 10.2. The molecule has 1 aromatic heterocycles. The van der Waals surface area contributed by atoms with E-state index in [2.05, 4.69) is 5.10 Å². The molecule has 0 amide bonds. The summed E-state index contributed by atoms with van der Waals surface area (Å²) in [5, 5.41) is 2.90. The summed E-state index contributed by atoms with van der Waals surface area (Å²) in [6.45, 7) is 1.27. The van der Waals surface area contributed by atoms with Crippen LogP contribution in [0.4, 0.5) is 22.0 Å². The first-order valence-electron chi connectivity index (χ1n) is 5.94. The van der Waals surface area contributed by atoms with Gasteiger partial charge in [-0.3, -0.25) is 0 Å². The summed E-state index contributed by atoms with van der Waals surface area (Å²) in [6, 6.07) is 1.24. The third-order valence-corrected chi connectivity index (χ3v) is 5.15. The number of nitrogens with zero attached hydrogens (tertiary/aromatic N) is 2. The van der Waals surface area contributed by atoms with E-state index in [1.807, 2.05) is 0 Å². The van der Waals surface area contributed by atoms with Crippen molar-refractivity contribution in [3.05, 3.63) is 39.6 Å². The zero-order chi connectivity index (χ0) is 18.4. The topological polar surface area (TPSA) is 40.9 Å². The van der Waals surface area contributed by atoms with Gasteiger partial charge in [0.05, 0.1) is 32.5 Å². The van der Waals surface area contributed by atoms with Gasteiger partial charge in [0.1, 0.15) is 11.9 Å². The number of hydrogen-bond acceptors (Lipinski definition) is 2. The molecule has 0 bridgehead atoms. The highest BCUT2D eigenvalue weighted by molar-refractivity contribution is 7.93. The molecule has 12 heteroatoms. The van der Waals surface area contributed by atoms with Crippen molar-refractivity contribution in [3.63, 3.8) is 0 Å². The van der Waals surface area contributed by atoms with Crippen molar-refractivity contribution in [2.24, 2.45) is 0 Å². The Morgan fingerprint density at radius 3 is 2.04 bits per heavy atom. The lowest BCUT2D eigenvalue weighted by Crippen LogP contribution is -2.22. The van der Waals surface area contributed by atoms with Crippen LogP contribution >= 0.6 is 34.8 Å². The van der Waals surface area contributed by atoms with Crippen LogP contribution in [0, 0.1) is 6.92 Å². The van der Waals surface area contributed by atoms with E-state index in [1.165, 1.54) is 6.92 Å². The van der Waals surface area contributed by atoms with Gasteiger partial charge in [-0.15, -0.1) is 8.78 Å². The Kier molecular flexibility index (Phi) is 5.33. The molecule has 0 saturated carbocycles. The molecular formula is C12H6Cl3F5N2OS. The number of rotatable bonds is 3. The highest BCUT2D eigenvalue weighted by Gasteiger charge is 2.45. The van der Waals surface area contributed by atoms with E-state index in [0.29, 0.717) is 12.1 Å². The van der Waals surface area contributed by atoms with E-state index in [9.17, 15) is 26.5 Å². The summed E-state index contributed by atoms with van der Waals surface area (Å²) in [5.41, 5.74) is -1.30. The Balaban J connectivity index is 2.57. The highest BCUT2D eigenvalue weighted by Crippen LogP contribution is 2.39. The maximum Gasteiger partial charge on any atom is 0.497 e. The molecule has 2 aromatic rings. The second-order valence-corrected chi connectivity index (χ2v) is 7.51. The van der Waals surface area contributed by atoms with Crippen LogP contribution in [0.15, 0.2) is 23.2 Å². The Morgan fingerprint density at radius 1 is 1.12 bits per heavy atom. The van der Waals surface area contributed by atoms with Crippen LogP contribution in [0.25, 0.3) is 5.69 Å². The Labute approximate surface area is 150 Å². The van der Waals surface area contributed by atoms with E-state index in [4.69, 9.17) is 34.8 Å². The molecule has 0 spiro atoms. The molecule has 1 heterocycles. The predicted molar refractivity (Wildman–Crippen MR) is 80.5 cm³/mol. The number of hydrogen-bond donors (Lipinski definition) is 0. The summed E-state index contributed by atoms with van der Waals surface area (Å²) >= 11 is 13.5. The summed E-state index contributed by atoms with van der Waals surface area (Å²) in [4.78, 5) is -0.401. The maximum absolute atomic E-state index is 13.0. The molecule has 0 aliphatic rings. The zero-order valence-electron chi connectivity index (χ0n) is 11.5. The first-order valence-corrected chi connectivity index (χ1v) is 8.22. The highest BCUT2D eigenvalue weighted by atomic mass is 35.5. The quantitative estimate of drug-likeness (QED) is 0.374. The molecule has 1 atom stereocenters. The smallest absolute Gasteiger partial charge is 0.497 e. The second-order valence-electron chi connectivity index (χ2n) is 4.51. The van der Waals surface area contributed by atoms with Gasteiger partial charge in [0.15, 0.2) is 0 Å². The van der Waals surface area contributed by atoms with Crippen molar-refractivity contribution < 1.29 is 26.5 Å². The van der Waals surface area contributed by atoms with Crippen molar-refractivity contribution in [2.45, 2.75) is 22.7 Å². The second kappa shape index (κ2) is 6.53. The third-order valence-electron chi connectivity index (χ3n) is 2.93. The number of aromatic nitrogens is 2. The molecule has 24 heavy (non-hydrogen) atoms. The van der Waals surface area contributed by atoms with E-state index in [-0.39, 0.29) is 11.4 Å². The van der Waals surface area contributed by atoms with Crippen LogP contribution in [0.2, 0.25) is 10.0 Å². The molecular weight excluding hydrogens is 422 g/mol. The molecule has 0 radical (unpaired) electrons. The fraction of sp³-hybridized carbons (Fsp3) is 0.250. The molecule has 1 aromatic carbocycles. The number of halogens is 8. The molecule has 132 valence electrons. The Hall–Kier alpha value is -0.740. The van der Waals surface area contributed by atoms with Crippen LogP contribution in [0.1, 0.15) is 11.3 Å². The van der Waals surface area contributed by atoms with Gasteiger partial charge in [-0.05, 0) is 19.1 Å². The molecule has 1 unspecified atom stereocenters. The average Bonchev–Trinajstić information content (AvgIpc) is 2.77. The number of benzene rings is 1. The van der Waals surface area contributed by atoms with Crippen molar-refractivity contribution in [2.75, 3.05) is 0 Å². The van der Waals surface area contributed by atoms with Gasteiger partial charge in [0.2, 0.25) is 4.90 Å². The van der Waals surface area contributed by atoms with Gasteiger partial charge in [-0.1, -0.05) is 23.2 Å². The zero-order valence-corrected chi connectivity index (χ0v) is 14.6. The molecule has 2 rings (SSSR count). The van der Waals surface area contributed by atoms with E-state index in [0.717, 1.165) is 10.9 Å². The van der Waals surface area contributed by atoms with Gasteiger partial charge < -0.3 is 4.55 Å². The monoisotopic (exact) mass is 426 g/mol. The molecule has 0 aliphatic heterocycles. The molecule has 3 nitrogen and oxygen atoms in total. The van der Waals surface area contributed by atoms with Gasteiger partial charge in [-0.25, -0.2) is 4.68 Å². The van der Waals surface area contributed by atoms with Gasteiger partial charge in [0, 0.05) is 11.6 Å². The summed E-state index contributed by atoms with van der Waals surface area (Å²) in [7, 11) is 0. The summed E-state index contributed by atoms with van der Waals surface area (Å²) in [5.74, 6) is 0. The van der Waals surface area contributed by atoms with Crippen LogP contribution in [0.5, 0.6) is 0 Å². The van der Waals surface area contributed by atoms with Crippen molar-refractivity contribution >= 4 is 46.0 Å². The standard InChI is InChI=1S/C12H6Cl3F5N2OS/c1-5-9(24(23)12(15,19)20)4-21-22(5)10-7(13)2-6(3-8(10)14)11(16,17)18/h2-4H,1H3. The fourth-order valence-corrected chi connectivity index (χ4v) is 3.50. The average molecular weight is 428 g/mol. The summed E-state index contributed by atoms with van der Waals surface area (Å²) in [6.07, 6.45) is -3.82. The van der Waals surface area contributed by atoms with Crippen LogP contribution < -0.4 is 0 Å². The van der Waals surface area contributed by atoms with Crippen molar-refractivity contribution in [1.82, 2.24) is 9.78 Å². The first-order chi connectivity index (χ1) is 10.8. The molecule has 0 fully saturated rings. The first kappa shape index (κ1) is 19.6. The van der Waals surface area contributed by atoms with Crippen LogP contribution in [0.3, 0.4) is 0 Å². The minimum absolute atomic E-state index is 0.0581. The fourth-order valence-electron chi connectivity index (χ4n) is 1.86. The van der Waals surface area contributed by atoms with Crippen LogP contribution in [-0.4, -0.2) is 19.0 Å². The Morgan fingerprint density at radius 2 is 1.62 bits per heavy atom. The lowest BCUT2D eigenvalue weighted by molar-refractivity contribution is -0.137. The minimum atomic E-state index is -4.67. The SMILES string of the molecule is Cc1c([S+]([O-])C(F)(F)Cl)cnn1-c1c(Cl)cc(C(F)(F)F)cc1Cl. The van der Waals surface area contributed by atoms with Gasteiger partial charge in [-0.2, -0.15) is 18.3 Å². The molecule has 0 aliphatic carbocycles. The van der Waals surface area contributed by atoms with E-state index in [1.54, 1.807) is 0 Å². The number of alkyl halides is 6. The normalized spacial score (nSPS) is 14.1. The molecule has 0 saturated heterocycles. The van der Waals surface area contributed by atoms with Gasteiger partial charge >= 0.3 is 10.9 Å². The Bertz CT molecular complexity index is 752. The predicted octanol–water partition coefficient (Wildman–Crippen LogP) is 5.40. The van der Waals surface area contributed by atoms with Gasteiger partial charge in [0.25, 0.3) is 0 Å². The lowest BCUT2D eigenvalue weighted by Gasteiger charge is -2.15. The molecule has 0 N–H and O–H groups in total. The van der Waals surface area contributed by atoms with Crippen molar-refractivity contribution in [1.29, 1.82) is 0 Å². The third kappa shape index (κ3) is 3.75. The van der Waals surface area contributed by atoms with E-state index < -0.39 is 42.6 Å². The van der Waals surface area contributed by atoms with Crippen LogP contribution in [-0.2, 0) is 17.4 Å². The van der Waals surface area contributed by atoms with E-state index >= 15 is 0 Å². The largest absolute Gasteiger partial charge is 0.605 e. The maximum atomic E-state index is 13.0. The minimum Gasteiger partial charge on any atom is -0.605 e. The van der Waals surface area contributed by atoms with Crippen molar-refractivity contribution in [3.8, 4) is 5.69 Å².